The molecule has 1 fully saturated rings. The van der Waals surface area contributed by atoms with Crippen molar-refractivity contribution in [3.05, 3.63) is 40.7 Å². The minimum Gasteiger partial charge on any atom is -0.353 e. The SMILES string of the molecule is Cc1cn(-c2ccc(C)c(Cl)c2)c(NC2CCCC2)n1. The maximum atomic E-state index is 6.24. The van der Waals surface area contributed by atoms with Gasteiger partial charge in [0.15, 0.2) is 0 Å². The van der Waals surface area contributed by atoms with Crippen LogP contribution in [0.4, 0.5) is 5.95 Å². The molecule has 0 radical (unpaired) electrons. The Morgan fingerprint density at radius 1 is 1.25 bits per heavy atom. The molecule has 0 atom stereocenters. The van der Waals surface area contributed by atoms with Crippen molar-refractivity contribution >= 4 is 17.5 Å². The predicted molar refractivity (Wildman–Crippen MR) is 83.9 cm³/mol. The first-order valence-electron chi connectivity index (χ1n) is 7.22. The standard InChI is InChI=1S/C16H20ClN3/c1-11-7-8-14(9-15(11)17)20-10-12(2)18-16(20)19-13-5-3-4-6-13/h7-10,13H,3-6H2,1-2H3,(H,18,19). The molecule has 20 heavy (non-hydrogen) atoms. The van der Waals surface area contributed by atoms with Gasteiger partial charge in [-0.25, -0.2) is 4.98 Å². The number of hydrogen-bond donors (Lipinski definition) is 1. The van der Waals surface area contributed by atoms with E-state index in [1.807, 2.05) is 26.0 Å². The maximum absolute atomic E-state index is 6.24. The Balaban J connectivity index is 1.93. The molecule has 3 nitrogen and oxygen atoms in total. The molecule has 0 bridgehead atoms. The molecule has 3 rings (SSSR count). The number of aryl methyl sites for hydroxylation is 2. The fourth-order valence-electron chi connectivity index (χ4n) is 2.78. The van der Waals surface area contributed by atoms with Crippen LogP contribution in [0.5, 0.6) is 0 Å². The topological polar surface area (TPSA) is 29.9 Å². The van der Waals surface area contributed by atoms with Crippen molar-refractivity contribution in [3.8, 4) is 5.69 Å². The Morgan fingerprint density at radius 3 is 2.70 bits per heavy atom. The summed E-state index contributed by atoms with van der Waals surface area (Å²) in [6, 6.07) is 6.68. The molecule has 1 saturated carbocycles. The number of aromatic nitrogens is 2. The molecule has 1 aliphatic rings. The third-order valence-corrected chi connectivity index (χ3v) is 4.36. The molecule has 0 aliphatic heterocycles. The lowest BCUT2D eigenvalue weighted by Gasteiger charge is -2.15. The van der Waals surface area contributed by atoms with Gasteiger partial charge in [-0.05, 0) is 44.4 Å². The van der Waals surface area contributed by atoms with Crippen LogP contribution >= 0.6 is 11.6 Å². The molecular formula is C16H20ClN3. The lowest BCUT2D eigenvalue weighted by Crippen LogP contribution is -2.17. The van der Waals surface area contributed by atoms with E-state index in [9.17, 15) is 0 Å². The maximum Gasteiger partial charge on any atom is 0.207 e. The summed E-state index contributed by atoms with van der Waals surface area (Å²) in [4.78, 5) is 4.61. The fraction of sp³-hybridized carbons (Fsp3) is 0.438. The van der Waals surface area contributed by atoms with Gasteiger partial charge in [0.25, 0.3) is 0 Å². The molecule has 0 unspecified atom stereocenters. The monoisotopic (exact) mass is 289 g/mol. The van der Waals surface area contributed by atoms with Crippen molar-refractivity contribution in [2.75, 3.05) is 5.32 Å². The number of imidazole rings is 1. The number of hydrogen-bond acceptors (Lipinski definition) is 2. The highest BCUT2D eigenvalue weighted by atomic mass is 35.5. The van der Waals surface area contributed by atoms with Gasteiger partial charge in [0.2, 0.25) is 5.95 Å². The molecule has 1 aromatic carbocycles. The first kappa shape index (κ1) is 13.5. The third-order valence-electron chi connectivity index (χ3n) is 3.95. The molecule has 1 aromatic heterocycles. The largest absolute Gasteiger partial charge is 0.353 e. The average molecular weight is 290 g/mol. The van der Waals surface area contributed by atoms with E-state index in [4.69, 9.17) is 11.6 Å². The van der Waals surface area contributed by atoms with E-state index in [1.165, 1.54) is 25.7 Å². The molecule has 2 aromatic rings. The molecule has 0 spiro atoms. The van der Waals surface area contributed by atoms with E-state index in [0.29, 0.717) is 6.04 Å². The Morgan fingerprint density at radius 2 is 2.00 bits per heavy atom. The Kier molecular flexibility index (Phi) is 3.70. The van der Waals surface area contributed by atoms with E-state index >= 15 is 0 Å². The molecule has 106 valence electrons. The second-order valence-corrected chi connectivity index (χ2v) is 6.04. The summed E-state index contributed by atoms with van der Waals surface area (Å²) in [5, 5.41) is 4.36. The van der Waals surface area contributed by atoms with Crippen LogP contribution in [0.15, 0.2) is 24.4 Å². The van der Waals surface area contributed by atoms with Gasteiger partial charge in [-0.3, -0.25) is 4.57 Å². The first-order valence-corrected chi connectivity index (χ1v) is 7.60. The zero-order chi connectivity index (χ0) is 14.1. The number of halogens is 1. The molecule has 0 saturated heterocycles. The van der Waals surface area contributed by atoms with Gasteiger partial charge >= 0.3 is 0 Å². The van der Waals surface area contributed by atoms with Crippen LogP contribution in [-0.2, 0) is 0 Å². The van der Waals surface area contributed by atoms with Crippen molar-refractivity contribution in [3.63, 3.8) is 0 Å². The van der Waals surface area contributed by atoms with Crippen LogP contribution in [0.2, 0.25) is 5.02 Å². The van der Waals surface area contributed by atoms with Crippen molar-refractivity contribution in [2.24, 2.45) is 0 Å². The van der Waals surface area contributed by atoms with Crippen molar-refractivity contribution < 1.29 is 0 Å². The fourth-order valence-corrected chi connectivity index (χ4v) is 2.96. The van der Waals surface area contributed by atoms with Gasteiger partial charge in [-0.1, -0.05) is 30.5 Å². The molecule has 1 N–H and O–H groups in total. The van der Waals surface area contributed by atoms with Gasteiger partial charge in [0, 0.05) is 22.9 Å². The smallest absolute Gasteiger partial charge is 0.207 e. The summed E-state index contributed by atoms with van der Waals surface area (Å²) in [7, 11) is 0. The van der Waals surface area contributed by atoms with Crippen LogP contribution in [-0.4, -0.2) is 15.6 Å². The summed E-state index contributed by atoms with van der Waals surface area (Å²) < 4.78 is 2.10. The summed E-state index contributed by atoms with van der Waals surface area (Å²) in [6.07, 6.45) is 7.15. The molecule has 1 heterocycles. The zero-order valence-corrected chi connectivity index (χ0v) is 12.7. The van der Waals surface area contributed by atoms with Gasteiger partial charge in [0.05, 0.1) is 5.69 Å². The molecule has 0 amide bonds. The molecule has 4 heteroatoms. The normalized spacial score (nSPS) is 15.8. The second kappa shape index (κ2) is 5.49. The van der Waals surface area contributed by atoms with Gasteiger partial charge in [0.1, 0.15) is 0 Å². The van der Waals surface area contributed by atoms with Crippen LogP contribution in [0.25, 0.3) is 5.69 Å². The van der Waals surface area contributed by atoms with Gasteiger partial charge < -0.3 is 5.32 Å². The minimum atomic E-state index is 0.552. The van der Waals surface area contributed by atoms with Gasteiger partial charge in [-0.2, -0.15) is 0 Å². The van der Waals surface area contributed by atoms with E-state index in [2.05, 4.69) is 27.1 Å². The summed E-state index contributed by atoms with van der Waals surface area (Å²) >= 11 is 6.24. The van der Waals surface area contributed by atoms with Crippen molar-refractivity contribution in [1.29, 1.82) is 0 Å². The number of benzene rings is 1. The lowest BCUT2D eigenvalue weighted by molar-refractivity contribution is 0.740. The third kappa shape index (κ3) is 2.68. The summed E-state index contributed by atoms with van der Waals surface area (Å²) in [6.45, 7) is 4.04. The van der Waals surface area contributed by atoms with Crippen LogP contribution in [0.3, 0.4) is 0 Å². The predicted octanol–water partition coefficient (Wildman–Crippen LogP) is 4.50. The van der Waals surface area contributed by atoms with Crippen molar-refractivity contribution in [2.45, 2.75) is 45.6 Å². The average Bonchev–Trinajstić information content (AvgIpc) is 3.03. The van der Waals surface area contributed by atoms with Crippen LogP contribution in [0, 0.1) is 13.8 Å². The van der Waals surface area contributed by atoms with Crippen molar-refractivity contribution in [1.82, 2.24) is 9.55 Å². The van der Waals surface area contributed by atoms with Crippen LogP contribution in [0.1, 0.15) is 36.9 Å². The highest BCUT2D eigenvalue weighted by Gasteiger charge is 2.17. The van der Waals surface area contributed by atoms with E-state index in [-0.39, 0.29) is 0 Å². The van der Waals surface area contributed by atoms with E-state index in [0.717, 1.165) is 27.9 Å². The number of nitrogens with one attached hydrogen (secondary N) is 1. The molecule has 1 aliphatic carbocycles. The highest BCUT2D eigenvalue weighted by Crippen LogP contribution is 2.26. The molecular weight excluding hydrogens is 270 g/mol. The lowest BCUT2D eigenvalue weighted by atomic mass is 10.2. The number of rotatable bonds is 3. The zero-order valence-electron chi connectivity index (χ0n) is 12.0. The van der Waals surface area contributed by atoms with E-state index < -0.39 is 0 Å². The van der Waals surface area contributed by atoms with Crippen LogP contribution < -0.4 is 5.32 Å². The van der Waals surface area contributed by atoms with E-state index in [1.54, 1.807) is 0 Å². The van der Waals surface area contributed by atoms with Gasteiger partial charge in [-0.15, -0.1) is 0 Å². The quantitative estimate of drug-likeness (QED) is 0.902. The minimum absolute atomic E-state index is 0.552. The first-order chi connectivity index (χ1) is 9.63. The Labute approximate surface area is 125 Å². The highest BCUT2D eigenvalue weighted by molar-refractivity contribution is 6.31. The Bertz CT molecular complexity index is 612. The second-order valence-electron chi connectivity index (χ2n) is 5.64. The Hall–Kier alpha value is -1.48. The number of anilines is 1. The summed E-state index contributed by atoms with van der Waals surface area (Å²) in [5.74, 6) is 0.925. The summed E-state index contributed by atoms with van der Waals surface area (Å²) in [5.41, 5.74) is 3.17. The number of nitrogens with zero attached hydrogens (tertiary/aromatic N) is 2.